The van der Waals surface area contributed by atoms with Gasteiger partial charge in [0.15, 0.2) is 5.83 Å². The standard InChI is InChI=1S/C17H25F2N7/c1-21-16-13(18)7-22-17(20,24-16)12-6-23-26(9-12)15-4-5-25(10-14(15)19)8-11-2-3-11/h6-7,9,11,14-15,21,24H,2-5,8,10,20H2,1H3/t14-,15-,17?/m1/s1. The lowest BCUT2D eigenvalue weighted by atomic mass is 10.0. The first-order valence-electron chi connectivity index (χ1n) is 9.09. The lowest BCUT2D eigenvalue weighted by Crippen LogP contribution is -2.52. The summed E-state index contributed by atoms with van der Waals surface area (Å²) in [7, 11) is 1.59. The van der Waals surface area contributed by atoms with E-state index in [0.29, 0.717) is 18.5 Å². The molecular formula is C17H25F2N7. The van der Waals surface area contributed by atoms with Crippen LogP contribution in [0.1, 0.15) is 30.9 Å². The van der Waals surface area contributed by atoms with Crippen molar-refractivity contribution < 1.29 is 8.78 Å². The van der Waals surface area contributed by atoms with Crippen LogP contribution in [0.15, 0.2) is 29.0 Å². The number of piperidine rings is 1. The number of hydrogen-bond donors (Lipinski definition) is 3. The third-order valence-electron chi connectivity index (χ3n) is 5.37. The largest absolute Gasteiger partial charge is 0.372 e. The van der Waals surface area contributed by atoms with Crippen molar-refractivity contribution in [3.05, 3.63) is 29.6 Å². The molecule has 9 heteroatoms. The van der Waals surface area contributed by atoms with Crippen molar-refractivity contribution in [2.75, 3.05) is 26.7 Å². The van der Waals surface area contributed by atoms with Gasteiger partial charge in [-0.1, -0.05) is 0 Å². The fraction of sp³-hybridized carbons (Fsp3) is 0.647. The van der Waals surface area contributed by atoms with E-state index in [1.54, 1.807) is 24.1 Å². The van der Waals surface area contributed by atoms with Crippen LogP contribution in [0.2, 0.25) is 0 Å². The van der Waals surface area contributed by atoms with Crippen LogP contribution < -0.4 is 16.4 Å². The summed E-state index contributed by atoms with van der Waals surface area (Å²) >= 11 is 0. The molecule has 26 heavy (non-hydrogen) atoms. The lowest BCUT2D eigenvalue weighted by Gasteiger charge is -2.35. The second-order valence-corrected chi connectivity index (χ2v) is 7.41. The van der Waals surface area contributed by atoms with Gasteiger partial charge < -0.3 is 15.5 Å². The molecule has 3 aliphatic rings. The first kappa shape index (κ1) is 17.4. The highest BCUT2D eigenvalue weighted by molar-refractivity contribution is 5.78. The molecule has 3 heterocycles. The van der Waals surface area contributed by atoms with Crippen LogP contribution in [-0.2, 0) is 5.79 Å². The summed E-state index contributed by atoms with van der Waals surface area (Å²) in [5.41, 5.74) is 6.82. The number of halogens is 2. The number of aliphatic imine (C=N–C) groups is 1. The monoisotopic (exact) mass is 365 g/mol. The van der Waals surface area contributed by atoms with Gasteiger partial charge in [0.05, 0.1) is 24.0 Å². The van der Waals surface area contributed by atoms with E-state index in [1.807, 2.05) is 0 Å². The van der Waals surface area contributed by atoms with E-state index >= 15 is 0 Å². The molecular weight excluding hydrogens is 340 g/mol. The van der Waals surface area contributed by atoms with Gasteiger partial charge in [-0.05, 0) is 25.2 Å². The zero-order valence-corrected chi connectivity index (χ0v) is 14.8. The fourth-order valence-corrected chi connectivity index (χ4v) is 3.64. The van der Waals surface area contributed by atoms with Gasteiger partial charge >= 0.3 is 0 Å². The number of rotatable bonds is 5. The van der Waals surface area contributed by atoms with Gasteiger partial charge in [-0.2, -0.15) is 5.10 Å². The zero-order valence-electron chi connectivity index (χ0n) is 14.8. The molecule has 3 atom stereocenters. The maximum atomic E-state index is 14.7. The van der Waals surface area contributed by atoms with Crippen LogP contribution in [0.25, 0.3) is 0 Å². The highest BCUT2D eigenvalue weighted by Crippen LogP contribution is 2.33. The maximum Gasteiger partial charge on any atom is 0.213 e. The summed E-state index contributed by atoms with van der Waals surface area (Å²) in [5.74, 6) is -0.929. The number of allylic oxidation sites excluding steroid dienone is 1. The Labute approximate surface area is 151 Å². The van der Waals surface area contributed by atoms with Crippen LogP contribution >= 0.6 is 0 Å². The molecule has 1 aliphatic carbocycles. The van der Waals surface area contributed by atoms with E-state index in [0.717, 1.165) is 25.2 Å². The molecule has 0 bridgehead atoms. The normalized spacial score (nSPS) is 32.6. The second kappa shape index (κ2) is 6.62. The quantitative estimate of drug-likeness (QED) is 0.725. The molecule has 1 saturated carbocycles. The van der Waals surface area contributed by atoms with Crippen LogP contribution in [0.3, 0.4) is 0 Å². The summed E-state index contributed by atoms with van der Waals surface area (Å²) in [4.78, 5) is 6.27. The van der Waals surface area contributed by atoms with Crippen LogP contribution in [-0.4, -0.2) is 53.7 Å². The van der Waals surface area contributed by atoms with Crippen LogP contribution in [0.5, 0.6) is 0 Å². The Hall–Kier alpha value is -2.00. The van der Waals surface area contributed by atoms with Gasteiger partial charge in [0.2, 0.25) is 5.79 Å². The smallest absolute Gasteiger partial charge is 0.213 e. The predicted molar refractivity (Wildman–Crippen MR) is 94.6 cm³/mol. The Balaban J connectivity index is 1.45. The molecule has 1 unspecified atom stereocenters. The van der Waals surface area contributed by atoms with E-state index in [1.165, 1.54) is 12.8 Å². The first-order chi connectivity index (χ1) is 12.5. The van der Waals surface area contributed by atoms with Gasteiger partial charge in [-0.25, -0.2) is 13.8 Å². The molecule has 4 rings (SSSR count). The number of alkyl halides is 1. The van der Waals surface area contributed by atoms with Crippen molar-refractivity contribution in [1.29, 1.82) is 0 Å². The van der Waals surface area contributed by atoms with E-state index in [9.17, 15) is 8.78 Å². The Morgan fingerprint density at radius 2 is 2.23 bits per heavy atom. The number of likely N-dealkylation sites (tertiary alicyclic amines) is 1. The summed E-state index contributed by atoms with van der Waals surface area (Å²) in [6, 6.07) is -0.313. The molecule has 0 aromatic carbocycles. The van der Waals surface area contributed by atoms with Gasteiger partial charge in [0.1, 0.15) is 12.0 Å². The minimum atomic E-state index is -1.33. The third-order valence-corrected chi connectivity index (χ3v) is 5.37. The molecule has 0 radical (unpaired) electrons. The number of aromatic nitrogens is 2. The molecule has 4 N–H and O–H groups in total. The Morgan fingerprint density at radius 1 is 1.42 bits per heavy atom. The summed E-state index contributed by atoms with van der Waals surface area (Å²) in [6.07, 6.45) is 6.62. The van der Waals surface area contributed by atoms with Crippen molar-refractivity contribution in [1.82, 2.24) is 25.3 Å². The predicted octanol–water partition coefficient (Wildman–Crippen LogP) is 0.979. The SMILES string of the molecule is CNC1=C(F)C=NC(N)(c2cnn([C@@H]3CCN(CC4CC4)C[C@H]3F)c2)N1. The summed E-state index contributed by atoms with van der Waals surface area (Å²) in [6.45, 7) is 2.32. The topological polar surface area (TPSA) is 83.5 Å². The van der Waals surface area contributed by atoms with Crippen molar-refractivity contribution in [2.45, 2.75) is 37.3 Å². The number of nitrogens with one attached hydrogen (secondary N) is 2. The highest BCUT2D eigenvalue weighted by Gasteiger charge is 2.36. The Kier molecular flexibility index (Phi) is 4.44. The zero-order chi connectivity index (χ0) is 18.3. The lowest BCUT2D eigenvalue weighted by molar-refractivity contribution is 0.0808. The van der Waals surface area contributed by atoms with Crippen molar-refractivity contribution >= 4 is 6.21 Å². The van der Waals surface area contributed by atoms with Gasteiger partial charge in [0, 0.05) is 32.9 Å². The number of nitrogens with two attached hydrogens (primary N) is 1. The Bertz CT molecular complexity index is 726. The van der Waals surface area contributed by atoms with Crippen molar-refractivity contribution in [3.63, 3.8) is 0 Å². The fourth-order valence-electron chi connectivity index (χ4n) is 3.64. The van der Waals surface area contributed by atoms with Crippen molar-refractivity contribution in [3.8, 4) is 0 Å². The molecule has 7 nitrogen and oxygen atoms in total. The molecule has 142 valence electrons. The summed E-state index contributed by atoms with van der Waals surface area (Å²) in [5, 5.41) is 9.85. The third kappa shape index (κ3) is 3.33. The van der Waals surface area contributed by atoms with Crippen molar-refractivity contribution in [2.24, 2.45) is 16.6 Å². The van der Waals surface area contributed by atoms with E-state index in [-0.39, 0.29) is 11.9 Å². The maximum absolute atomic E-state index is 14.7. The van der Waals surface area contributed by atoms with E-state index in [2.05, 4.69) is 25.6 Å². The van der Waals surface area contributed by atoms with E-state index in [4.69, 9.17) is 5.73 Å². The molecule has 0 spiro atoms. The van der Waals surface area contributed by atoms with Crippen LogP contribution in [0, 0.1) is 5.92 Å². The van der Waals surface area contributed by atoms with Gasteiger partial charge in [0.25, 0.3) is 0 Å². The molecule has 2 aliphatic heterocycles. The average Bonchev–Trinajstić information content (AvgIpc) is 3.29. The van der Waals surface area contributed by atoms with Gasteiger partial charge in [-0.3, -0.25) is 10.4 Å². The average molecular weight is 365 g/mol. The highest BCUT2D eigenvalue weighted by atomic mass is 19.1. The molecule has 1 saturated heterocycles. The number of nitrogens with zero attached hydrogens (tertiary/aromatic N) is 4. The molecule has 2 fully saturated rings. The number of hydrogen-bond acceptors (Lipinski definition) is 6. The minimum Gasteiger partial charge on any atom is -0.372 e. The minimum absolute atomic E-state index is 0.159. The molecule has 1 aromatic rings. The summed E-state index contributed by atoms with van der Waals surface area (Å²) < 4.78 is 30.0. The van der Waals surface area contributed by atoms with Crippen LogP contribution in [0.4, 0.5) is 8.78 Å². The first-order valence-corrected chi connectivity index (χ1v) is 9.09. The van der Waals surface area contributed by atoms with Gasteiger partial charge in [-0.15, -0.1) is 0 Å². The molecule has 0 amide bonds. The Morgan fingerprint density at radius 3 is 2.92 bits per heavy atom. The van der Waals surface area contributed by atoms with E-state index < -0.39 is 17.8 Å². The molecule has 1 aromatic heterocycles. The second-order valence-electron chi connectivity index (χ2n) is 7.41.